The van der Waals surface area contributed by atoms with E-state index in [0.717, 1.165) is 43.2 Å². The number of fused-ring (bicyclic) bond motifs is 2. The molecule has 220 valence electrons. The van der Waals surface area contributed by atoms with Crippen molar-refractivity contribution < 1.29 is 23.4 Å². The average molecular weight is 602 g/mol. The van der Waals surface area contributed by atoms with Gasteiger partial charge in [-0.25, -0.2) is 19.2 Å². The number of nitrogens with zero attached hydrogens (tertiary/aromatic N) is 5. The fourth-order valence-electron chi connectivity index (χ4n) is 6.39. The van der Waals surface area contributed by atoms with Gasteiger partial charge in [-0.05, 0) is 48.6 Å². The van der Waals surface area contributed by atoms with E-state index in [1.54, 1.807) is 30.3 Å². The van der Waals surface area contributed by atoms with Crippen LogP contribution in [0.2, 0.25) is 5.02 Å². The topological polar surface area (TPSA) is 102 Å². The number of hydrogen-bond acceptors (Lipinski definition) is 8. The molecule has 1 saturated carbocycles. The number of pyridine rings is 1. The lowest BCUT2D eigenvalue weighted by molar-refractivity contribution is -0.0591. The third-order valence-corrected chi connectivity index (χ3v) is 9.05. The quantitative estimate of drug-likeness (QED) is 0.244. The van der Waals surface area contributed by atoms with Crippen LogP contribution in [0, 0.1) is 29.0 Å². The predicted molar refractivity (Wildman–Crippen MR) is 155 cm³/mol. The lowest BCUT2D eigenvalue weighted by Gasteiger charge is -2.28. The zero-order valence-corrected chi connectivity index (χ0v) is 24.3. The maximum Gasteiger partial charge on any atom is 0.337 e. The molecule has 0 bridgehead atoms. The Balaban J connectivity index is 1.03. The molecule has 2 unspecified atom stereocenters. The number of nitriles is 1. The highest BCUT2D eigenvalue weighted by Gasteiger charge is 2.57. The lowest BCUT2D eigenvalue weighted by Crippen LogP contribution is -2.33. The Morgan fingerprint density at radius 3 is 2.70 bits per heavy atom. The molecular formula is C32H29ClFN5O4. The maximum atomic E-state index is 14.3. The summed E-state index contributed by atoms with van der Waals surface area (Å²) in [7, 11) is 1.36. The van der Waals surface area contributed by atoms with E-state index in [1.807, 2.05) is 18.2 Å². The number of methoxy groups -OCH3 is 1. The number of imidazole rings is 1. The molecular weight excluding hydrogens is 573 g/mol. The van der Waals surface area contributed by atoms with Gasteiger partial charge >= 0.3 is 5.97 Å². The molecule has 3 aliphatic rings. The number of rotatable bonds is 9. The van der Waals surface area contributed by atoms with E-state index in [-0.39, 0.29) is 18.3 Å². The van der Waals surface area contributed by atoms with Crippen molar-refractivity contribution in [3.05, 3.63) is 87.6 Å². The van der Waals surface area contributed by atoms with Crippen molar-refractivity contribution in [1.82, 2.24) is 19.4 Å². The van der Waals surface area contributed by atoms with Crippen LogP contribution < -0.4 is 4.74 Å². The maximum absolute atomic E-state index is 14.3. The minimum Gasteiger partial charge on any atom is -0.473 e. The molecule has 0 N–H and O–H groups in total. The van der Waals surface area contributed by atoms with E-state index in [2.05, 4.69) is 9.47 Å². The van der Waals surface area contributed by atoms with Gasteiger partial charge in [0, 0.05) is 42.9 Å². The molecule has 9 nitrogen and oxygen atoms in total. The predicted octanol–water partition coefficient (Wildman–Crippen LogP) is 5.10. The van der Waals surface area contributed by atoms with E-state index in [0.29, 0.717) is 58.4 Å². The van der Waals surface area contributed by atoms with Crippen molar-refractivity contribution in [2.75, 3.05) is 26.8 Å². The molecule has 2 aromatic carbocycles. The van der Waals surface area contributed by atoms with Gasteiger partial charge in [0.15, 0.2) is 0 Å². The third kappa shape index (κ3) is 5.33. The average Bonchev–Trinajstić information content (AvgIpc) is 3.30. The minimum absolute atomic E-state index is 0.0390. The summed E-state index contributed by atoms with van der Waals surface area (Å²) >= 11 is 6.58. The summed E-state index contributed by atoms with van der Waals surface area (Å²) in [4.78, 5) is 24.3. The summed E-state index contributed by atoms with van der Waals surface area (Å²) in [6, 6.07) is 15.4. The number of benzene rings is 2. The molecule has 43 heavy (non-hydrogen) atoms. The van der Waals surface area contributed by atoms with Crippen molar-refractivity contribution in [3.63, 3.8) is 0 Å². The fourth-order valence-corrected chi connectivity index (χ4v) is 6.64. The minimum atomic E-state index is -0.466. The summed E-state index contributed by atoms with van der Waals surface area (Å²) in [5.74, 6) is 1.78. The van der Waals surface area contributed by atoms with Crippen LogP contribution in [-0.4, -0.2) is 58.3 Å². The second-order valence-electron chi connectivity index (χ2n) is 11.4. The highest BCUT2D eigenvalue weighted by atomic mass is 35.5. The van der Waals surface area contributed by atoms with Crippen molar-refractivity contribution in [1.29, 1.82) is 5.26 Å². The third-order valence-electron chi connectivity index (χ3n) is 8.77. The molecule has 4 aromatic rings. The van der Waals surface area contributed by atoms with E-state index < -0.39 is 11.8 Å². The Morgan fingerprint density at radius 2 is 2.00 bits per heavy atom. The summed E-state index contributed by atoms with van der Waals surface area (Å²) in [6.45, 7) is 3.95. The largest absolute Gasteiger partial charge is 0.473 e. The Kier molecular flexibility index (Phi) is 7.25. The molecule has 2 aromatic heterocycles. The van der Waals surface area contributed by atoms with Crippen molar-refractivity contribution in [3.8, 4) is 11.9 Å². The Morgan fingerprint density at radius 1 is 1.19 bits per heavy atom. The van der Waals surface area contributed by atoms with Crippen LogP contribution in [-0.2, 0) is 29.2 Å². The number of piperidine rings is 1. The molecule has 0 amide bonds. The first-order valence-corrected chi connectivity index (χ1v) is 14.7. The van der Waals surface area contributed by atoms with Crippen molar-refractivity contribution >= 4 is 28.6 Å². The molecule has 7 rings (SSSR count). The molecule has 3 atom stereocenters. The summed E-state index contributed by atoms with van der Waals surface area (Å²) in [6.07, 6.45) is 1.10. The van der Waals surface area contributed by atoms with Gasteiger partial charge in [0.25, 0.3) is 0 Å². The second kappa shape index (κ2) is 11.2. The smallest absolute Gasteiger partial charge is 0.337 e. The van der Waals surface area contributed by atoms with Crippen molar-refractivity contribution in [2.24, 2.45) is 11.8 Å². The van der Waals surface area contributed by atoms with Gasteiger partial charge in [-0.2, -0.15) is 5.26 Å². The number of hydrogen-bond donors (Lipinski definition) is 0. The number of ether oxygens (including phenoxy) is 3. The molecule has 0 spiro atoms. The van der Waals surface area contributed by atoms with Gasteiger partial charge in [-0.1, -0.05) is 23.7 Å². The number of esters is 1. The number of carbonyl (C=O) groups excluding carboxylic acids is 1. The summed E-state index contributed by atoms with van der Waals surface area (Å²) < 4.78 is 32.9. The van der Waals surface area contributed by atoms with Crippen LogP contribution in [0.15, 0.2) is 48.5 Å². The molecule has 0 radical (unpaired) electrons. The SMILES string of the molecule is COC(=O)c1cc(Cl)c2nc(CN3CC4C(C3)C4c3cccc(OCc4ccc(C#N)cc4F)n3)n(C[C@@H]3CCO3)c2c1. The molecule has 2 saturated heterocycles. The van der Waals surface area contributed by atoms with E-state index in [4.69, 9.17) is 41.0 Å². The van der Waals surface area contributed by atoms with Crippen LogP contribution >= 0.6 is 11.6 Å². The van der Waals surface area contributed by atoms with Gasteiger partial charge < -0.3 is 18.8 Å². The van der Waals surface area contributed by atoms with Gasteiger partial charge in [0.1, 0.15) is 23.8 Å². The second-order valence-corrected chi connectivity index (χ2v) is 11.8. The standard InChI is InChI=1S/C32H29ClFN5O4/c1-41-32(40)20-10-24(33)31-27(11-20)39(13-21-7-8-42-21)28(37-31)16-38-14-22-23(15-38)30(22)26-3-2-4-29(36-26)43-17-19-6-5-18(12-35)9-25(19)34/h2-6,9-11,21-23,30H,7-8,13-17H2,1H3/t21-,22?,23?,30?/m0/s1. The van der Waals surface area contributed by atoms with Gasteiger partial charge in [-0.3, -0.25) is 4.90 Å². The summed E-state index contributed by atoms with van der Waals surface area (Å²) in [5, 5.41) is 9.37. The Hall–Kier alpha value is -4.04. The van der Waals surface area contributed by atoms with Crippen LogP contribution in [0.4, 0.5) is 4.39 Å². The van der Waals surface area contributed by atoms with E-state index >= 15 is 0 Å². The number of halogens is 2. The highest BCUT2D eigenvalue weighted by Crippen LogP contribution is 2.58. The van der Waals surface area contributed by atoms with Crippen molar-refractivity contribution in [2.45, 2.75) is 38.1 Å². The van der Waals surface area contributed by atoms with Gasteiger partial charge in [-0.15, -0.1) is 0 Å². The van der Waals surface area contributed by atoms with Gasteiger partial charge in [0.2, 0.25) is 5.88 Å². The number of aromatic nitrogens is 3. The zero-order valence-electron chi connectivity index (χ0n) is 23.5. The zero-order chi connectivity index (χ0) is 29.7. The van der Waals surface area contributed by atoms with Crippen LogP contribution in [0.3, 0.4) is 0 Å². The monoisotopic (exact) mass is 601 g/mol. The first kappa shape index (κ1) is 27.8. The first-order valence-electron chi connectivity index (χ1n) is 14.3. The van der Waals surface area contributed by atoms with Crippen LogP contribution in [0.25, 0.3) is 11.0 Å². The van der Waals surface area contributed by atoms with Gasteiger partial charge in [0.05, 0.1) is 54.0 Å². The molecule has 1 aliphatic carbocycles. The molecule has 3 fully saturated rings. The van der Waals surface area contributed by atoms with E-state index in [1.165, 1.54) is 13.2 Å². The number of carbonyl (C=O) groups is 1. The molecule has 4 heterocycles. The highest BCUT2D eigenvalue weighted by molar-refractivity contribution is 6.35. The van der Waals surface area contributed by atoms with E-state index in [9.17, 15) is 9.18 Å². The molecule has 2 aliphatic heterocycles. The fraction of sp³-hybridized carbons (Fsp3) is 0.375. The summed E-state index contributed by atoms with van der Waals surface area (Å²) in [5.41, 5.74) is 3.52. The Bertz CT molecular complexity index is 1750. The Labute approximate surface area is 252 Å². The van der Waals surface area contributed by atoms with Crippen LogP contribution in [0.5, 0.6) is 5.88 Å². The first-order chi connectivity index (χ1) is 20.9. The number of likely N-dealkylation sites (tertiary alicyclic amines) is 1. The lowest BCUT2D eigenvalue weighted by atomic mass is 10.1. The van der Waals surface area contributed by atoms with Crippen LogP contribution in [0.1, 0.15) is 45.3 Å². The normalized spacial score (nSPS) is 22.6. The molecule has 11 heteroatoms.